The number of rotatable bonds is 3. The van der Waals surface area contributed by atoms with Crippen molar-refractivity contribution >= 4 is 5.91 Å². The van der Waals surface area contributed by atoms with Crippen LogP contribution < -0.4 is 10.1 Å². The quantitative estimate of drug-likeness (QED) is 0.933. The number of fused-ring (bicyclic) bond motifs is 1. The standard InChI is InChI=1S/C16H17NO3/c1-11-6-7-19-15(11)16(18)17-9-12-8-13-4-2-3-5-14(13)20-10-12/h2-7,12H,8-10H2,1H3,(H,17,18). The Morgan fingerprint density at radius 3 is 3.00 bits per heavy atom. The van der Waals surface area contributed by atoms with E-state index < -0.39 is 0 Å². The molecule has 1 atom stereocenters. The van der Waals surface area contributed by atoms with Crippen LogP contribution in [0.5, 0.6) is 5.75 Å². The van der Waals surface area contributed by atoms with Crippen molar-refractivity contribution in [3.05, 3.63) is 53.5 Å². The molecule has 0 bridgehead atoms. The van der Waals surface area contributed by atoms with E-state index in [9.17, 15) is 4.79 Å². The minimum atomic E-state index is -0.161. The van der Waals surface area contributed by atoms with Crippen molar-refractivity contribution in [3.8, 4) is 5.75 Å². The molecule has 0 saturated heterocycles. The predicted octanol–water partition coefficient (Wildman–Crippen LogP) is 2.57. The normalized spacial score (nSPS) is 17.1. The minimum Gasteiger partial charge on any atom is -0.493 e. The summed E-state index contributed by atoms with van der Waals surface area (Å²) in [4.78, 5) is 12.0. The third kappa shape index (κ3) is 2.54. The molecule has 1 aliphatic heterocycles. The van der Waals surface area contributed by atoms with E-state index >= 15 is 0 Å². The van der Waals surface area contributed by atoms with E-state index in [0.29, 0.717) is 24.8 Å². The third-order valence-electron chi connectivity index (χ3n) is 3.58. The molecule has 1 aromatic heterocycles. The highest BCUT2D eigenvalue weighted by molar-refractivity contribution is 5.92. The Morgan fingerprint density at radius 1 is 1.35 bits per heavy atom. The van der Waals surface area contributed by atoms with Crippen LogP contribution in [-0.4, -0.2) is 19.1 Å². The SMILES string of the molecule is Cc1ccoc1C(=O)NCC1COc2ccccc2C1. The van der Waals surface area contributed by atoms with Gasteiger partial charge in [0.15, 0.2) is 5.76 Å². The molecular formula is C16H17NO3. The van der Waals surface area contributed by atoms with E-state index in [4.69, 9.17) is 9.15 Å². The number of carbonyl (C=O) groups excluding carboxylic acids is 1. The van der Waals surface area contributed by atoms with Gasteiger partial charge in [-0.3, -0.25) is 4.79 Å². The monoisotopic (exact) mass is 271 g/mol. The molecule has 4 heteroatoms. The minimum absolute atomic E-state index is 0.161. The van der Waals surface area contributed by atoms with Crippen molar-refractivity contribution < 1.29 is 13.9 Å². The number of amides is 1. The molecule has 20 heavy (non-hydrogen) atoms. The van der Waals surface area contributed by atoms with Gasteiger partial charge in [-0.05, 0) is 31.0 Å². The number of furan rings is 1. The summed E-state index contributed by atoms with van der Waals surface area (Å²) in [5.74, 6) is 1.48. The summed E-state index contributed by atoms with van der Waals surface area (Å²) in [5.41, 5.74) is 2.06. The van der Waals surface area contributed by atoms with Gasteiger partial charge in [0.1, 0.15) is 5.75 Å². The lowest BCUT2D eigenvalue weighted by Gasteiger charge is -2.25. The van der Waals surface area contributed by atoms with Gasteiger partial charge in [-0.25, -0.2) is 0 Å². The summed E-state index contributed by atoms with van der Waals surface area (Å²) in [6.45, 7) is 3.08. The zero-order valence-corrected chi connectivity index (χ0v) is 11.4. The fraction of sp³-hybridized carbons (Fsp3) is 0.312. The second-order valence-corrected chi connectivity index (χ2v) is 5.13. The van der Waals surface area contributed by atoms with E-state index in [0.717, 1.165) is 17.7 Å². The molecule has 2 aromatic rings. The molecule has 0 spiro atoms. The summed E-state index contributed by atoms with van der Waals surface area (Å²) in [6.07, 6.45) is 2.46. The van der Waals surface area contributed by atoms with E-state index in [2.05, 4.69) is 11.4 Å². The zero-order chi connectivity index (χ0) is 13.9. The van der Waals surface area contributed by atoms with Gasteiger partial charge in [-0.15, -0.1) is 0 Å². The lowest BCUT2D eigenvalue weighted by Crippen LogP contribution is -2.34. The van der Waals surface area contributed by atoms with Crippen molar-refractivity contribution in [1.29, 1.82) is 0 Å². The van der Waals surface area contributed by atoms with Gasteiger partial charge < -0.3 is 14.5 Å². The van der Waals surface area contributed by atoms with Crippen LogP contribution in [0.15, 0.2) is 41.0 Å². The maximum atomic E-state index is 12.0. The Balaban J connectivity index is 1.58. The molecule has 0 fully saturated rings. The Hall–Kier alpha value is -2.23. The molecule has 1 N–H and O–H groups in total. The van der Waals surface area contributed by atoms with Gasteiger partial charge >= 0.3 is 0 Å². The summed E-state index contributed by atoms with van der Waals surface area (Å²) >= 11 is 0. The van der Waals surface area contributed by atoms with Gasteiger partial charge in [0.2, 0.25) is 0 Å². The Kier molecular flexibility index (Phi) is 3.46. The van der Waals surface area contributed by atoms with Gasteiger partial charge in [0.25, 0.3) is 5.91 Å². The number of aryl methyl sites for hydroxylation is 1. The van der Waals surface area contributed by atoms with Crippen LogP contribution in [0.2, 0.25) is 0 Å². The van der Waals surface area contributed by atoms with Gasteiger partial charge in [0, 0.05) is 18.0 Å². The van der Waals surface area contributed by atoms with Crippen LogP contribution in [0.1, 0.15) is 21.7 Å². The van der Waals surface area contributed by atoms with Crippen LogP contribution in [0.25, 0.3) is 0 Å². The fourth-order valence-corrected chi connectivity index (χ4v) is 2.44. The molecule has 1 aromatic carbocycles. The van der Waals surface area contributed by atoms with E-state index in [1.165, 1.54) is 11.8 Å². The summed E-state index contributed by atoms with van der Waals surface area (Å²) in [7, 11) is 0. The zero-order valence-electron chi connectivity index (χ0n) is 11.4. The number of hydrogen-bond acceptors (Lipinski definition) is 3. The summed E-state index contributed by atoms with van der Waals surface area (Å²) in [5, 5.41) is 2.91. The third-order valence-corrected chi connectivity index (χ3v) is 3.58. The highest BCUT2D eigenvalue weighted by atomic mass is 16.5. The molecule has 1 amide bonds. The van der Waals surface area contributed by atoms with Crippen LogP contribution in [0.4, 0.5) is 0 Å². The first-order valence-electron chi connectivity index (χ1n) is 6.77. The molecule has 1 aliphatic rings. The summed E-state index contributed by atoms with van der Waals surface area (Å²) in [6, 6.07) is 9.82. The van der Waals surface area contributed by atoms with Gasteiger partial charge in [-0.2, -0.15) is 0 Å². The van der Waals surface area contributed by atoms with Crippen LogP contribution in [-0.2, 0) is 6.42 Å². The van der Waals surface area contributed by atoms with E-state index in [1.807, 2.05) is 25.1 Å². The molecule has 0 radical (unpaired) electrons. The van der Waals surface area contributed by atoms with Crippen LogP contribution in [0, 0.1) is 12.8 Å². The Labute approximate surface area is 117 Å². The molecule has 0 saturated carbocycles. The van der Waals surface area contributed by atoms with Crippen molar-refractivity contribution in [3.63, 3.8) is 0 Å². The number of benzene rings is 1. The molecule has 1 unspecified atom stereocenters. The van der Waals surface area contributed by atoms with E-state index in [1.54, 1.807) is 6.07 Å². The van der Waals surface area contributed by atoms with Gasteiger partial charge in [0.05, 0.1) is 12.9 Å². The smallest absolute Gasteiger partial charge is 0.287 e. The van der Waals surface area contributed by atoms with Crippen LogP contribution in [0.3, 0.4) is 0 Å². The second kappa shape index (κ2) is 5.41. The summed E-state index contributed by atoms with van der Waals surface area (Å²) < 4.78 is 10.9. The predicted molar refractivity (Wildman–Crippen MR) is 74.9 cm³/mol. The van der Waals surface area contributed by atoms with Crippen molar-refractivity contribution in [2.45, 2.75) is 13.3 Å². The highest BCUT2D eigenvalue weighted by Crippen LogP contribution is 2.26. The van der Waals surface area contributed by atoms with Crippen LogP contribution >= 0.6 is 0 Å². The average Bonchev–Trinajstić information content (AvgIpc) is 2.91. The maximum absolute atomic E-state index is 12.0. The molecule has 104 valence electrons. The fourth-order valence-electron chi connectivity index (χ4n) is 2.44. The average molecular weight is 271 g/mol. The molecule has 4 nitrogen and oxygen atoms in total. The van der Waals surface area contributed by atoms with Crippen molar-refractivity contribution in [2.75, 3.05) is 13.2 Å². The van der Waals surface area contributed by atoms with Crippen molar-refractivity contribution in [2.24, 2.45) is 5.92 Å². The lowest BCUT2D eigenvalue weighted by molar-refractivity contribution is 0.0910. The first kappa shape index (κ1) is 12.8. The Bertz CT molecular complexity index is 618. The second-order valence-electron chi connectivity index (χ2n) is 5.13. The number of ether oxygens (including phenoxy) is 1. The molecule has 3 rings (SSSR count). The topological polar surface area (TPSA) is 51.5 Å². The number of nitrogens with one attached hydrogen (secondary N) is 1. The number of para-hydroxylation sites is 1. The maximum Gasteiger partial charge on any atom is 0.287 e. The highest BCUT2D eigenvalue weighted by Gasteiger charge is 2.21. The Morgan fingerprint density at radius 2 is 2.20 bits per heavy atom. The molecule has 0 aliphatic carbocycles. The number of carbonyl (C=O) groups is 1. The lowest BCUT2D eigenvalue weighted by atomic mass is 9.97. The molecular weight excluding hydrogens is 254 g/mol. The van der Waals surface area contributed by atoms with Gasteiger partial charge in [-0.1, -0.05) is 18.2 Å². The largest absolute Gasteiger partial charge is 0.493 e. The first-order valence-corrected chi connectivity index (χ1v) is 6.77. The first-order chi connectivity index (χ1) is 9.74. The number of hydrogen-bond donors (Lipinski definition) is 1. The molecule has 2 heterocycles. The van der Waals surface area contributed by atoms with Crippen molar-refractivity contribution in [1.82, 2.24) is 5.32 Å². The van der Waals surface area contributed by atoms with E-state index in [-0.39, 0.29) is 5.91 Å².